The molecule has 0 bridgehead atoms. The zero-order valence-corrected chi connectivity index (χ0v) is 15.8. The molecule has 4 rings (SSSR count). The predicted octanol–water partition coefficient (Wildman–Crippen LogP) is 4.02. The van der Waals surface area contributed by atoms with Crippen LogP contribution in [-0.4, -0.2) is 28.0 Å². The number of thioether (sulfide) groups is 1. The summed E-state index contributed by atoms with van der Waals surface area (Å²) in [5.74, 6) is 0.995. The number of hydrogen-bond donors (Lipinski definition) is 0. The van der Waals surface area contributed by atoms with Crippen molar-refractivity contribution in [2.45, 2.75) is 69.7 Å². The van der Waals surface area contributed by atoms with Gasteiger partial charge in [0, 0.05) is 17.2 Å². The molecule has 0 saturated carbocycles. The molecule has 2 aromatic heterocycles. The summed E-state index contributed by atoms with van der Waals surface area (Å²) in [5, 5.41) is 1.77. The Morgan fingerprint density at radius 1 is 1.33 bits per heavy atom. The van der Waals surface area contributed by atoms with Crippen molar-refractivity contribution in [1.82, 2.24) is 9.55 Å². The summed E-state index contributed by atoms with van der Waals surface area (Å²) in [5.41, 5.74) is 1.44. The minimum atomic E-state index is 0.161. The Morgan fingerprint density at radius 3 is 3.00 bits per heavy atom. The lowest BCUT2D eigenvalue weighted by atomic mass is 9.97. The van der Waals surface area contributed by atoms with Crippen molar-refractivity contribution in [3.05, 3.63) is 20.8 Å². The van der Waals surface area contributed by atoms with Gasteiger partial charge >= 0.3 is 0 Å². The molecule has 0 radical (unpaired) electrons. The van der Waals surface area contributed by atoms with Gasteiger partial charge in [0.25, 0.3) is 5.56 Å². The van der Waals surface area contributed by atoms with Crippen molar-refractivity contribution < 1.29 is 4.74 Å². The summed E-state index contributed by atoms with van der Waals surface area (Å²) in [7, 11) is 0. The smallest absolute Gasteiger partial charge is 0.263 e. The minimum absolute atomic E-state index is 0.161. The van der Waals surface area contributed by atoms with Gasteiger partial charge in [0.2, 0.25) is 0 Å². The van der Waals surface area contributed by atoms with E-state index in [2.05, 4.69) is 6.92 Å². The van der Waals surface area contributed by atoms with Crippen LogP contribution in [0.3, 0.4) is 0 Å². The maximum atomic E-state index is 13.3. The maximum Gasteiger partial charge on any atom is 0.263 e. The Morgan fingerprint density at radius 2 is 2.21 bits per heavy atom. The molecule has 1 fully saturated rings. The molecule has 24 heavy (non-hydrogen) atoms. The summed E-state index contributed by atoms with van der Waals surface area (Å²) in [4.78, 5) is 20.5. The van der Waals surface area contributed by atoms with E-state index in [1.54, 1.807) is 23.1 Å². The fourth-order valence-electron chi connectivity index (χ4n) is 3.68. The lowest BCUT2D eigenvalue weighted by Gasteiger charge is -2.16. The fourth-order valence-corrected chi connectivity index (χ4v) is 5.84. The molecule has 130 valence electrons. The van der Waals surface area contributed by atoms with Gasteiger partial charge in [-0.25, -0.2) is 4.98 Å². The van der Waals surface area contributed by atoms with Crippen molar-refractivity contribution in [3.8, 4) is 0 Å². The van der Waals surface area contributed by atoms with Gasteiger partial charge in [-0.2, -0.15) is 0 Å². The number of fused-ring (bicyclic) bond motifs is 3. The molecule has 1 aliphatic heterocycles. The van der Waals surface area contributed by atoms with Crippen LogP contribution in [0.5, 0.6) is 0 Å². The number of aryl methyl sites for hydroxylation is 2. The van der Waals surface area contributed by atoms with Gasteiger partial charge in [-0.15, -0.1) is 11.3 Å². The first kappa shape index (κ1) is 16.6. The minimum Gasteiger partial charge on any atom is -0.376 e. The number of ether oxygens (including phenoxy) is 1. The second kappa shape index (κ2) is 7.18. The predicted molar refractivity (Wildman–Crippen MR) is 101 cm³/mol. The molecular formula is C18H24N2O2S2. The molecule has 2 aliphatic rings. The number of thiophene rings is 1. The first-order chi connectivity index (χ1) is 11.8. The van der Waals surface area contributed by atoms with Crippen LogP contribution in [0.1, 0.15) is 49.5 Å². The normalized spacial score (nSPS) is 20.6. The quantitative estimate of drug-likeness (QED) is 0.594. The van der Waals surface area contributed by atoms with Gasteiger partial charge in [-0.05, 0) is 50.5 Å². The highest BCUT2D eigenvalue weighted by Gasteiger charge is 2.24. The highest BCUT2D eigenvalue weighted by atomic mass is 32.2. The van der Waals surface area contributed by atoms with Crippen LogP contribution in [0, 0.1) is 0 Å². The van der Waals surface area contributed by atoms with E-state index >= 15 is 0 Å². The van der Waals surface area contributed by atoms with Crippen LogP contribution in [-0.2, 0) is 24.1 Å². The van der Waals surface area contributed by atoms with Gasteiger partial charge in [0.15, 0.2) is 5.16 Å². The first-order valence-electron chi connectivity index (χ1n) is 9.07. The zero-order chi connectivity index (χ0) is 16.5. The van der Waals surface area contributed by atoms with Crippen LogP contribution in [0.2, 0.25) is 0 Å². The van der Waals surface area contributed by atoms with Crippen molar-refractivity contribution in [2.24, 2.45) is 0 Å². The summed E-state index contributed by atoms with van der Waals surface area (Å²) >= 11 is 3.45. The molecule has 0 spiro atoms. The van der Waals surface area contributed by atoms with Crippen LogP contribution in [0.4, 0.5) is 0 Å². The highest BCUT2D eigenvalue weighted by Crippen LogP contribution is 2.35. The molecule has 0 aromatic carbocycles. The third-order valence-electron chi connectivity index (χ3n) is 4.89. The van der Waals surface area contributed by atoms with Gasteiger partial charge in [0.1, 0.15) is 4.83 Å². The van der Waals surface area contributed by atoms with Crippen LogP contribution in [0.25, 0.3) is 10.2 Å². The topological polar surface area (TPSA) is 44.1 Å². The summed E-state index contributed by atoms with van der Waals surface area (Å²) in [6, 6.07) is 0. The molecule has 2 aromatic rings. The molecule has 1 aliphatic carbocycles. The second-order valence-electron chi connectivity index (χ2n) is 6.68. The highest BCUT2D eigenvalue weighted by molar-refractivity contribution is 7.99. The fraction of sp³-hybridized carbons (Fsp3) is 0.667. The number of nitrogens with zero attached hydrogens (tertiary/aromatic N) is 2. The SMILES string of the molecule is CCCSc1nc2sc3c(c2c(=O)n1CC1CCCO1)CCCC3. The van der Waals surface area contributed by atoms with Gasteiger partial charge in [-0.1, -0.05) is 18.7 Å². The second-order valence-corrected chi connectivity index (χ2v) is 8.83. The van der Waals surface area contributed by atoms with E-state index < -0.39 is 0 Å². The Kier molecular flexibility index (Phi) is 4.97. The van der Waals surface area contributed by atoms with E-state index in [0.717, 1.165) is 59.8 Å². The molecule has 0 N–H and O–H groups in total. The van der Waals surface area contributed by atoms with Crippen LogP contribution < -0.4 is 5.56 Å². The van der Waals surface area contributed by atoms with Gasteiger partial charge in [0.05, 0.1) is 18.0 Å². The Labute approximate surface area is 150 Å². The maximum absolute atomic E-state index is 13.3. The van der Waals surface area contributed by atoms with Crippen molar-refractivity contribution in [2.75, 3.05) is 12.4 Å². The monoisotopic (exact) mass is 364 g/mol. The molecular weight excluding hydrogens is 340 g/mol. The molecule has 1 saturated heterocycles. The van der Waals surface area contributed by atoms with Gasteiger partial charge < -0.3 is 4.74 Å². The third kappa shape index (κ3) is 3.04. The van der Waals surface area contributed by atoms with E-state index in [9.17, 15) is 4.79 Å². The molecule has 1 unspecified atom stereocenters. The molecule has 4 nitrogen and oxygen atoms in total. The molecule has 0 amide bonds. The lowest BCUT2D eigenvalue weighted by Crippen LogP contribution is -2.29. The number of hydrogen-bond acceptors (Lipinski definition) is 5. The summed E-state index contributed by atoms with van der Waals surface area (Å²) in [6.07, 6.45) is 7.96. The largest absolute Gasteiger partial charge is 0.376 e. The summed E-state index contributed by atoms with van der Waals surface area (Å²) < 4.78 is 7.69. The van der Waals surface area contributed by atoms with E-state index in [4.69, 9.17) is 9.72 Å². The zero-order valence-electron chi connectivity index (χ0n) is 14.2. The third-order valence-corrected chi connectivity index (χ3v) is 7.25. The van der Waals surface area contributed by atoms with E-state index in [0.29, 0.717) is 6.54 Å². The van der Waals surface area contributed by atoms with Crippen molar-refractivity contribution >= 4 is 33.3 Å². The van der Waals surface area contributed by atoms with E-state index in [-0.39, 0.29) is 11.7 Å². The molecule has 1 atom stereocenters. The number of rotatable bonds is 5. The van der Waals surface area contributed by atoms with Crippen LogP contribution >= 0.6 is 23.1 Å². The van der Waals surface area contributed by atoms with E-state index in [1.807, 2.05) is 4.57 Å². The first-order valence-corrected chi connectivity index (χ1v) is 10.9. The van der Waals surface area contributed by atoms with Crippen LogP contribution in [0.15, 0.2) is 9.95 Å². The Bertz CT molecular complexity index is 790. The average Bonchev–Trinajstić information content (AvgIpc) is 3.22. The lowest BCUT2D eigenvalue weighted by molar-refractivity contribution is 0.0937. The Balaban J connectivity index is 1.82. The average molecular weight is 365 g/mol. The van der Waals surface area contributed by atoms with E-state index in [1.165, 1.54) is 23.3 Å². The van der Waals surface area contributed by atoms with Crippen molar-refractivity contribution in [3.63, 3.8) is 0 Å². The summed E-state index contributed by atoms with van der Waals surface area (Å²) in [6.45, 7) is 3.64. The standard InChI is InChI=1S/C18H24N2O2S2/c1-2-10-23-18-19-16-15(13-7-3-4-8-14(13)24-16)17(21)20(18)11-12-6-5-9-22-12/h12H,2-11H2,1H3. The number of aromatic nitrogens is 2. The molecule has 3 heterocycles. The molecule has 6 heteroatoms. The van der Waals surface area contributed by atoms with Gasteiger partial charge in [-0.3, -0.25) is 9.36 Å². The van der Waals surface area contributed by atoms with Crippen molar-refractivity contribution in [1.29, 1.82) is 0 Å². The Hall–Kier alpha value is -0.850.